The number of ether oxygens (including phenoxy) is 1. The second kappa shape index (κ2) is 8.14. The monoisotopic (exact) mass is 475 g/mol. The molecule has 0 spiro atoms. The smallest absolute Gasteiger partial charge is 0.262 e. The molecule has 1 amide bonds. The van der Waals surface area contributed by atoms with Crippen molar-refractivity contribution in [2.75, 3.05) is 43.6 Å². The van der Waals surface area contributed by atoms with E-state index in [1.807, 2.05) is 42.2 Å². The summed E-state index contributed by atoms with van der Waals surface area (Å²) in [6.45, 7) is 6.38. The van der Waals surface area contributed by atoms with Crippen LogP contribution in [-0.4, -0.2) is 62.0 Å². The molecule has 3 heterocycles. The summed E-state index contributed by atoms with van der Waals surface area (Å²) in [6.07, 6.45) is 0. The predicted molar refractivity (Wildman–Crippen MR) is 131 cm³/mol. The lowest BCUT2D eigenvalue weighted by atomic mass is 9.89. The molecule has 0 unspecified atom stereocenters. The van der Waals surface area contributed by atoms with Crippen molar-refractivity contribution >= 4 is 47.1 Å². The van der Waals surface area contributed by atoms with Crippen LogP contribution in [0.4, 0.5) is 11.4 Å². The van der Waals surface area contributed by atoms with Crippen LogP contribution in [0.25, 0.3) is 11.1 Å². The zero-order valence-electron chi connectivity index (χ0n) is 18.6. The van der Waals surface area contributed by atoms with Crippen LogP contribution in [0.2, 0.25) is 5.02 Å². The van der Waals surface area contributed by atoms with E-state index in [4.69, 9.17) is 16.3 Å². The van der Waals surface area contributed by atoms with E-state index in [-0.39, 0.29) is 29.9 Å². The average molecular weight is 476 g/mol. The van der Waals surface area contributed by atoms with Gasteiger partial charge >= 0.3 is 0 Å². The number of likely N-dealkylation sites (N-methyl/N-ethyl adjacent to an activating group) is 2. The van der Waals surface area contributed by atoms with E-state index >= 15 is 0 Å². The third kappa shape index (κ3) is 3.49. The molecule has 1 atom stereocenters. The van der Waals surface area contributed by atoms with Gasteiger partial charge in [0.1, 0.15) is 18.4 Å². The van der Waals surface area contributed by atoms with Crippen molar-refractivity contribution in [1.29, 1.82) is 0 Å². The third-order valence-corrected chi connectivity index (χ3v) is 6.92. The van der Waals surface area contributed by atoms with Gasteiger partial charge in [-0.15, -0.1) is 12.4 Å². The first kappa shape index (κ1) is 22.7. The number of benzene rings is 2. The van der Waals surface area contributed by atoms with Crippen LogP contribution < -0.4 is 20.0 Å². The molecule has 0 saturated carbocycles. The van der Waals surface area contributed by atoms with E-state index < -0.39 is 0 Å². The average Bonchev–Trinajstić information content (AvgIpc) is 2.74. The third-order valence-electron chi connectivity index (χ3n) is 6.59. The Kier molecular flexibility index (Phi) is 5.77. The number of hydrogen-bond acceptors (Lipinski definition) is 6. The molecule has 2 aromatic rings. The fourth-order valence-electron chi connectivity index (χ4n) is 4.85. The van der Waals surface area contributed by atoms with Crippen LogP contribution in [0.3, 0.4) is 0 Å². The molecule has 5 rings (SSSR count). The number of carbonyl (C=O) groups excluding carboxylic acids is 1. The first-order valence-electron chi connectivity index (χ1n) is 10.4. The fourth-order valence-corrected chi connectivity index (χ4v) is 5.09. The van der Waals surface area contributed by atoms with E-state index in [0.717, 1.165) is 41.3 Å². The lowest BCUT2D eigenvalue weighted by Crippen LogP contribution is -2.66. The summed E-state index contributed by atoms with van der Waals surface area (Å²) >= 11 is 6.61. The molecule has 1 fully saturated rings. The zero-order chi connectivity index (χ0) is 21.9. The van der Waals surface area contributed by atoms with E-state index in [2.05, 4.69) is 47.4 Å². The Morgan fingerprint density at radius 3 is 2.66 bits per heavy atom. The van der Waals surface area contributed by atoms with Gasteiger partial charge < -0.3 is 19.4 Å². The maximum Gasteiger partial charge on any atom is 0.262 e. The maximum atomic E-state index is 12.3. The second-order valence-corrected chi connectivity index (χ2v) is 9.29. The number of carbonyl (C=O) groups is 1. The number of rotatable bonds is 3. The minimum absolute atomic E-state index is 0. The second-order valence-electron chi connectivity index (χ2n) is 8.88. The highest BCUT2D eigenvalue weighted by Crippen LogP contribution is 2.47. The van der Waals surface area contributed by atoms with Crippen LogP contribution in [0, 0.1) is 0 Å². The van der Waals surface area contributed by atoms with Crippen molar-refractivity contribution in [3.05, 3.63) is 41.4 Å². The Hall–Kier alpha value is -2.48. The summed E-state index contributed by atoms with van der Waals surface area (Å²) in [4.78, 5) is 18.9. The molecule has 7 nitrogen and oxygen atoms in total. The molecule has 170 valence electrons. The summed E-state index contributed by atoms with van der Waals surface area (Å²) in [5.74, 6) is 1.30. The molecule has 3 aliphatic rings. The first-order valence-corrected chi connectivity index (χ1v) is 10.8. The van der Waals surface area contributed by atoms with Crippen molar-refractivity contribution in [1.82, 2.24) is 10.3 Å². The number of amides is 1. The molecular weight excluding hydrogens is 449 g/mol. The van der Waals surface area contributed by atoms with Crippen LogP contribution in [-0.2, 0) is 4.79 Å². The largest absolute Gasteiger partial charge is 0.483 e. The molecule has 1 saturated heterocycles. The van der Waals surface area contributed by atoms with Crippen molar-refractivity contribution in [3.8, 4) is 16.9 Å². The summed E-state index contributed by atoms with van der Waals surface area (Å²) in [6, 6.07) is 11.6. The fraction of sp³-hybridized carbons (Fsp3) is 0.391. The van der Waals surface area contributed by atoms with Crippen LogP contribution >= 0.6 is 24.0 Å². The van der Waals surface area contributed by atoms with Gasteiger partial charge in [-0.3, -0.25) is 4.79 Å². The number of nitrogens with zero attached hydrogens (tertiary/aromatic N) is 4. The normalized spacial score (nSPS) is 21.2. The molecule has 0 radical (unpaired) electrons. The predicted octanol–water partition coefficient (Wildman–Crippen LogP) is 3.60. The lowest BCUT2D eigenvalue weighted by Gasteiger charge is -2.53. The molecular formula is C23H27Cl2N5O2. The van der Waals surface area contributed by atoms with E-state index in [1.165, 1.54) is 0 Å². The SMILES string of the molecule is C[C@@H]1C(=O)NN=C2COc3cc(-c4ccccc4Cl)c(N(C)C4(C)CN(C)C4)cc3N21.Cl. The Labute approximate surface area is 199 Å². The number of hydrogen-bond donors (Lipinski definition) is 1. The number of halogens is 2. The molecule has 0 aliphatic carbocycles. The van der Waals surface area contributed by atoms with Gasteiger partial charge in [0.05, 0.1) is 11.2 Å². The summed E-state index contributed by atoms with van der Waals surface area (Å²) in [7, 11) is 4.25. The quantitative estimate of drug-likeness (QED) is 0.734. The minimum Gasteiger partial charge on any atom is -0.483 e. The van der Waals surface area contributed by atoms with E-state index in [0.29, 0.717) is 17.5 Å². The molecule has 2 aromatic carbocycles. The van der Waals surface area contributed by atoms with Gasteiger partial charge in [-0.2, -0.15) is 5.10 Å². The first-order chi connectivity index (χ1) is 14.8. The van der Waals surface area contributed by atoms with Gasteiger partial charge in [0.2, 0.25) is 0 Å². The Bertz CT molecular complexity index is 1100. The molecule has 3 aliphatic heterocycles. The molecule has 1 N–H and O–H groups in total. The van der Waals surface area contributed by atoms with Crippen LogP contribution in [0.15, 0.2) is 41.5 Å². The Balaban J connectivity index is 0.00000245. The van der Waals surface area contributed by atoms with Gasteiger partial charge in [0, 0.05) is 42.0 Å². The van der Waals surface area contributed by atoms with Crippen molar-refractivity contribution < 1.29 is 9.53 Å². The topological polar surface area (TPSA) is 60.4 Å². The standard InChI is InChI=1S/C23H26ClN5O2.ClH/c1-14-22(30)26-25-21-11-31-20-9-16(15-7-5-6-8-17(15)24)18(10-19(20)29(14)21)28(4)23(2)12-27(3)13-23;/h5-10,14H,11-13H2,1-4H3,(H,26,30);1H/t14-;/m1./s1. The highest BCUT2D eigenvalue weighted by Gasteiger charge is 2.42. The zero-order valence-corrected chi connectivity index (χ0v) is 20.1. The van der Waals surface area contributed by atoms with Crippen LogP contribution in [0.1, 0.15) is 13.8 Å². The molecule has 32 heavy (non-hydrogen) atoms. The van der Waals surface area contributed by atoms with Crippen molar-refractivity contribution in [3.63, 3.8) is 0 Å². The minimum atomic E-state index is -0.370. The summed E-state index contributed by atoms with van der Waals surface area (Å²) in [5, 5.41) is 4.91. The van der Waals surface area contributed by atoms with Gasteiger partial charge in [-0.25, -0.2) is 5.43 Å². The maximum absolute atomic E-state index is 12.3. The van der Waals surface area contributed by atoms with Gasteiger partial charge in [-0.1, -0.05) is 29.8 Å². The van der Waals surface area contributed by atoms with E-state index in [1.54, 1.807) is 0 Å². The lowest BCUT2D eigenvalue weighted by molar-refractivity contribution is -0.122. The Morgan fingerprint density at radius 1 is 1.25 bits per heavy atom. The number of likely N-dealkylation sites (tertiary alicyclic amines) is 1. The summed E-state index contributed by atoms with van der Waals surface area (Å²) < 4.78 is 6.06. The van der Waals surface area contributed by atoms with Crippen molar-refractivity contribution in [2.24, 2.45) is 5.10 Å². The van der Waals surface area contributed by atoms with Gasteiger partial charge in [0.25, 0.3) is 5.91 Å². The number of amidine groups is 1. The molecule has 0 bridgehead atoms. The summed E-state index contributed by atoms with van der Waals surface area (Å²) in [5.41, 5.74) is 6.44. The van der Waals surface area contributed by atoms with E-state index in [9.17, 15) is 4.79 Å². The molecule has 0 aromatic heterocycles. The number of nitrogens with one attached hydrogen (secondary N) is 1. The molecule has 9 heteroatoms. The Morgan fingerprint density at radius 2 is 1.97 bits per heavy atom. The highest BCUT2D eigenvalue weighted by atomic mass is 35.5. The number of fused-ring (bicyclic) bond motifs is 3. The highest BCUT2D eigenvalue weighted by molar-refractivity contribution is 6.33. The van der Waals surface area contributed by atoms with Gasteiger partial charge in [-0.05, 0) is 39.1 Å². The van der Waals surface area contributed by atoms with Gasteiger partial charge in [0.15, 0.2) is 5.84 Å². The van der Waals surface area contributed by atoms with Crippen molar-refractivity contribution in [2.45, 2.75) is 25.4 Å². The number of anilines is 2. The van der Waals surface area contributed by atoms with Crippen LogP contribution in [0.5, 0.6) is 5.75 Å². The number of hydrazone groups is 1.